The van der Waals surface area contributed by atoms with Crippen molar-refractivity contribution in [2.24, 2.45) is 0 Å². The van der Waals surface area contributed by atoms with E-state index in [9.17, 15) is 4.79 Å². The largest absolute Gasteiger partial charge is 0.494 e. The summed E-state index contributed by atoms with van der Waals surface area (Å²) >= 11 is 12.1. The van der Waals surface area contributed by atoms with Crippen LogP contribution in [0.4, 0.5) is 0 Å². The van der Waals surface area contributed by atoms with Gasteiger partial charge in [0, 0.05) is 0 Å². The molecule has 2 rings (SSSR count). The Morgan fingerprint density at radius 3 is 1.84 bits per heavy atom. The maximum Gasteiger partial charge on any atom is 0.494 e. The highest BCUT2D eigenvalue weighted by molar-refractivity contribution is 6.63. The fourth-order valence-corrected chi connectivity index (χ4v) is 2.42. The molecule has 6 heteroatoms. The first-order chi connectivity index (χ1) is 8.68. The van der Waals surface area contributed by atoms with Gasteiger partial charge in [-0.1, -0.05) is 23.2 Å². The summed E-state index contributed by atoms with van der Waals surface area (Å²) in [7, 11) is -0.541. The first kappa shape index (κ1) is 14.9. The van der Waals surface area contributed by atoms with Crippen LogP contribution in [0.15, 0.2) is 12.1 Å². The predicted octanol–water partition coefficient (Wildman–Crippen LogP) is 3.11. The van der Waals surface area contributed by atoms with Crippen molar-refractivity contribution in [1.29, 1.82) is 0 Å². The number of aldehydes is 1. The fraction of sp³-hybridized carbons (Fsp3) is 0.462. The smallest absolute Gasteiger partial charge is 0.399 e. The summed E-state index contributed by atoms with van der Waals surface area (Å²) in [5.41, 5.74) is 0.128. The zero-order valence-electron chi connectivity index (χ0n) is 11.3. The molecule has 0 amide bonds. The average Bonchev–Trinajstić information content (AvgIpc) is 2.47. The van der Waals surface area contributed by atoms with Crippen LogP contribution in [-0.4, -0.2) is 24.6 Å². The summed E-state index contributed by atoms with van der Waals surface area (Å²) in [5, 5.41) is 0.597. The highest BCUT2D eigenvalue weighted by Gasteiger charge is 2.51. The summed E-state index contributed by atoms with van der Waals surface area (Å²) in [4.78, 5) is 10.9. The molecule has 1 aromatic rings. The van der Waals surface area contributed by atoms with Crippen molar-refractivity contribution in [2.75, 3.05) is 0 Å². The van der Waals surface area contributed by atoms with Gasteiger partial charge in [-0.15, -0.1) is 0 Å². The van der Waals surface area contributed by atoms with Gasteiger partial charge in [0.1, 0.15) is 0 Å². The molecule has 0 N–H and O–H groups in total. The van der Waals surface area contributed by atoms with Crippen molar-refractivity contribution in [1.82, 2.24) is 0 Å². The molecule has 102 valence electrons. The molecule has 1 aliphatic heterocycles. The Hall–Kier alpha value is -0.545. The average molecular weight is 301 g/mol. The Bertz CT molecular complexity index is 490. The Labute approximate surface area is 123 Å². The molecule has 0 saturated carbocycles. The molecule has 19 heavy (non-hydrogen) atoms. The Balaban J connectivity index is 2.38. The van der Waals surface area contributed by atoms with Crippen molar-refractivity contribution >= 4 is 42.1 Å². The molecule has 0 spiro atoms. The molecule has 1 aromatic carbocycles. The van der Waals surface area contributed by atoms with Crippen LogP contribution in [0.2, 0.25) is 10.0 Å². The van der Waals surface area contributed by atoms with E-state index in [0.717, 1.165) is 0 Å². The number of benzene rings is 1. The summed E-state index contributed by atoms with van der Waals surface area (Å²) < 4.78 is 11.8. The van der Waals surface area contributed by atoms with Gasteiger partial charge in [-0.25, -0.2) is 0 Å². The highest BCUT2D eigenvalue weighted by Crippen LogP contribution is 2.37. The Morgan fingerprint density at radius 1 is 1.05 bits per heavy atom. The van der Waals surface area contributed by atoms with Crippen LogP contribution in [0.1, 0.15) is 38.1 Å². The van der Waals surface area contributed by atoms with E-state index in [-0.39, 0.29) is 5.56 Å². The normalized spacial score (nSPS) is 20.6. The van der Waals surface area contributed by atoms with E-state index in [1.807, 2.05) is 27.7 Å². The lowest BCUT2D eigenvalue weighted by molar-refractivity contribution is 0.00578. The van der Waals surface area contributed by atoms with E-state index in [1.54, 1.807) is 12.1 Å². The second-order valence-corrected chi connectivity index (χ2v) is 6.42. The van der Waals surface area contributed by atoms with Crippen molar-refractivity contribution in [3.05, 3.63) is 27.7 Å². The topological polar surface area (TPSA) is 35.5 Å². The van der Waals surface area contributed by atoms with Gasteiger partial charge < -0.3 is 9.31 Å². The highest BCUT2D eigenvalue weighted by atomic mass is 35.5. The molecule has 0 aromatic heterocycles. The van der Waals surface area contributed by atoms with Crippen molar-refractivity contribution in [2.45, 2.75) is 38.9 Å². The molecule has 0 atom stereocenters. The SMILES string of the molecule is CC1(C)OB(c2cc(Cl)c(C=O)c(Cl)c2)OC1(C)C. The van der Waals surface area contributed by atoms with E-state index >= 15 is 0 Å². The minimum atomic E-state index is -0.541. The zero-order chi connectivity index (χ0) is 14.4. The third-order valence-corrected chi connectivity index (χ3v) is 4.37. The van der Waals surface area contributed by atoms with Crippen LogP contribution in [0, 0.1) is 0 Å². The number of hydrogen-bond acceptors (Lipinski definition) is 3. The number of carbonyl (C=O) groups excluding carboxylic acids is 1. The summed E-state index contributed by atoms with van der Waals surface area (Å²) in [6.07, 6.45) is 0.638. The van der Waals surface area contributed by atoms with E-state index < -0.39 is 18.3 Å². The van der Waals surface area contributed by atoms with Crippen LogP contribution in [0.3, 0.4) is 0 Å². The van der Waals surface area contributed by atoms with Gasteiger partial charge in [0.2, 0.25) is 0 Å². The van der Waals surface area contributed by atoms with Gasteiger partial charge >= 0.3 is 7.12 Å². The van der Waals surface area contributed by atoms with Gasteiger partial charge in [-0.2, -0.15) is 0 Å². The molecule has 1 fully saturated rings. The molecule has 1 saturated heterocycles. The van der Waals surface area contributed by atoms with E-state index in [4.69, 9.17) is 32.5 Å². The molecule has 3 nitrogen and oxygen atoms in total. The standard InChI is InChI=1S/C13H15BCl2O3/c1-12(2)13(3,4)19-14(18-12)8-5-10(15)9(7-17)11(16)6-8/h5-7H,1-4H3. The molecule has 0 unspecified atom stereocenters. The van der Waals surface area contributed by atoms with Crippen molar-refractivity contribution in [3.8, 4) is 0 Å². The zero-order valence-corrected chi connectivity index (χ0v) is 12.8. The van der Waals surface area contributed by atoms with Crippen molar-refractivity contribution in [3.63, 3.8) is 0 Å². The van der Waals surface area contributed by atoms with E-state index in [1.165, 1.54) is 0 Å². The number of halogens is 2. The minimum absolute atomic E-state index is 0.281. The quantitative estimate of drug-likeness (QED) is 0.622. The summed E-state index contributed by atoms with van der Waals surface area (Å²) in [6.45, 7) is 7.87. The molecule has 1 heterocycles. The lowest BCUT2D eigenvalue weighted by Gasteiger charge is -2.32. The van der Waals surface area contributed by atoms with E-state index in [2.05, 4.69) is 0 Å². The lowest BCUT2D eigenvalue weighted by atomic mass is 9.79. The molecule has 0 bridgehead atoms. The van der Waals surface area contributed by atoms with Gasteiger partial charge in [-0.05, 0) is 45.3 Å². The second-order valence-electron chi connectivity index (χ2n) is 5.60. The van der Waals surface area contributed by atoms with Crippen LogP contribution >= 0.6 is 23.2 Å². The predicted molar refractivity (Wildman–Crippen MR) is 77.6 cm³/mol. The summed E-state index contributed by atoms with van der Waals surface area (Å²) in [6, 6.07) is 3.30. The summed E-state index contributed by atoms with van der Waals surface area (Å²) in [5.74, 6) is 0. The number of carbonyl (C=O) groups is 1. The van der Waals surface area contributed by atoms with E-state index in [0.29, 0.717) is 21.8 Å². The van der Waals surface area contributed by atoms with Gasteiger partial charge in [0.15, 0.2) is 6.29 Å². The number of rotatable bonds is 2. The maximum atomic E-state index is 10.9. The Morgan fingerprint density at radius 2 is 1.47 bits per heavy atom. The minimum Gasteiger partial charge on any atom is -0.399 e. The fourth-order valence-electron chi connectivity index (χ4n) is 1.83. The van der Waals surface area contributed by atoms with Crippen LogP contribution in [-0.2, 0) is 9.31 Å². The van der Waals surface area contributed by atoms with Crippen LogP contribution in [0.5, 0.6) is 0 Å². The van der Waals surface area contributed by atoms with Crippen LogP contribution in [0.25, 0.3) is 0 Å². The second kappa shape index (κ2) is 4.78. The van der Waals surface area contributed by atoms with Crippen LogP contribution < -0.4 is 5.46 Å². The molecule has 1 aliphatic rings. The van der Waals surface area contributed by atoms with Crippen molar-refractivity contribution < 1.29 is 14.1 Å². The monoisotopic (exact) mass is 300 g/mol. The van der Waals surface area contributed by atoms with Gasteiger partial charge in [-0.3, -0.25) is 4.79 Å². The first-order valence-electron chi connectivity index (χ1n) is 5.98. The molecular formula is C13H15BCl2O3. The third kappa shape index (κ3) is 2.55. The van der Waals surface area contributed by atoms with Gasteiger partial charge in [0.25, 0.3) is 0 Å². The third-order valence-electron chi connectivity index (χ3n) is 3.74. The van der Waals surface area contributed by atoms with Gasteiger partial charge in [0.05, 0.1) is 26.8 Å². The molecular weight excluding hydrogens is 286 g/mol. The lowest BCUT2D eigenvalue weighted by Crippen LogP contribution is -2.41. The molecule has 0 aliphatic carbocycles. The molecule has 0 radical (unpaired) electrons. The maximum absolute atomic E-state index is 10.9. The first-order valence-corrected chi connectivity index (χ1v) is 6.73. The number of hydrogen-bond donors (Lipinski definition) is 0. The Kier molecular flexibility index (Phi) is 3.73.